The van der Waals surface area contributed by atoms with Gasteiger partial charge in [0.25, 0.3) is 5.56 Å². The first-order chi connectivity index (χ1) is 17.4. The molecule has 4 aromatic rings. The zero-order chi connectivity index (χ0) is 25.7. The van der Waals surface area contributed by atoms with Crippen LogP contribution in [0, 0.1) is 5.92 Å². The van der Waals surface area contributed by atoms with Gasteiger partial charge in [-0.1, -0.05) is 32.0 Å². The van der Waals surface area contributed by atoms with E-state index in [1.165, 1.54) is 0 Å². The number of hydrogen-bond acceptors (Lipinski definition) is 6. The molecule has 4 rings (SSSR count). The maximum absolute atomic E-state index is 13.1. The smallest absolute Gasteiger partial charge is 0.262 e. The van der Waals surface area contributed by atoms with Crippen molar-refractivity contribution < 1.29 is 14.3 Å². The highest BCUT2D eigenvalue weighted by atomic mass is 16.5. The number of fused-ring (bicyclic) bond motifs is 3. The van der Waals surface area contributed by atoms with Crippen LogP contribution in [0.4, 0.5) is 0 Å². The molecule has 2 aromatic heterocycles. The lowest BCUT2D eigenvalue weighted by Crippen LogP contribution is -2.26. The van der Waals surface area contributed by atoms with Gasteiger partial charge in [0, 0.05) is 25.9 Å². The minimum Gasteiger partial charge on any atom is -0.493 e. The Morgan fingerprint density at radius 1 is 1.03 bits per heavy atom. The number of methoxy groups -OCH3 is 2. The van der Waals surface area contributed by atoms with Crippen molar-refractivity contribution in [2.24, 2.45) is 5.92 Å². The van der Waals surface area contributed by atoms with Crippen LogP contribution in [0.25, 0.3) is 16.7 Å². The van der Waals surface area contributed by atoms with E-state index < -0.39 is 0 Å². The zero-order valence-electron chi connectivity index (χ0n) is 21.3. The van der Waals surface area contributed by atoms with E-state index in [-0.39, 0.29) is 17.9 Å². The van der Waals surface area contributed by atoms with Gasteiger partial charge in [-0.3, -0.25) is 18.6 Å². The minimum atomic E-state index is -0.0651. The molecule has 36 heavy (non-hydrogen) atoms. The highest BCUT2D eigenvalue weighted by Crippen LogP contribution is 2.27. The molecule has 9 heteroatoms. The van der Waals surface area contributed by atoms with Crippen molar-refractivity contribution in [1.82, 2.24) is 24.5 Å². The monoisotopic (exact) mass is 491 g/mol. The van der Waals surface area contributed by atoms with Crippen LogP contribution in [0.15, 0.2) is 47.3 Å². The SMILES string of the molecule is COc1ccc(CCNC(=O)CCc2nnc3n(CCC(C)C)c(=O)c4ccccc4n23)cc1OC. The maximum Gasteiger partial charge on any atom is 0.262 e. The minimum absolute atomic E-state index is 0.0643. The molecule has 0 unspecified atom stereocenters. The van der Waals surface area contributed by atoms with Crippen molar-refractivity contribution in [3.63, 3.8) is 0 Å². The van der Waals surface area contributed by atoms with E-state index in [1.807, 2.05) is 46.9 Å². The number of nitrogens with zero attached hydrogens (tertiary/aromatic N) is 4. The van der Waals surface area contributed by atoms with Crippen LogP contribution in [0.2, 0.25) is 0 Å². The lowest BCUT2D eigenvalue weighted by atomic mass is 10.1. The van der Waals surface area contributed by atoms with Crippen LogP contribution in [0.1, 0.15) is 38.1 Å². The molecular formula is C27H33N5O4. The number of rotatable bonds is 11. The highest BCUT2D eigenvalue weighted by molar-refractivity contribution is 5.80. The third-order valence-electron chi connectivity index (χ3n) is 6.26. The van der Waals surface area contributed by atoms with Crippen LogP contribution >= 0.6 is 0 Å². The van der Waals surface area contributed by atoms with Crippen molar-refractivity contribution in [3.05, 3.63) is 64.2 Å². The van der Waals surface area contributed by atoms with Crippen LogP contribution in [0.5, 0.6) is 11.5 Å². The number of carbonyl (C=O) groups excluding carboxylic acids is 1. The normalized spacial score (nSPS) is 11.4. The van der Waals surface area contributed by atoms with Crippen LogP contribution in [0.3, 0.4) is 0 Å². The molecule has 0 saturated heterocycles. The fraction of sp³-hybridized carbons (Fsp3) is 0.407. The first-order valence-corrected chi connectivity index (χ1v) is 12.3. The van der Waals surface area contributed by atoms with Crippen LogP contribution < -0.4 is 20.3 Å². The summed E-state index contributed by atoms with van der Waals surface area (Å²) in [5.41, 5.74) is 1.74. The van der Waals surface area contributed by atoms with Gasteiger partial charge in [-0.2, -0.15) is 0 Å². The van der Waals surface area contributed by atoms with Gasteiger partial charge in [-0.15, -0.1) is 10.2 Å². The van der Waals surface area contributed by atoms with Gasteiger partial charge in [0.1, 0.15) is 5.82 Å². The van der Waals surface area contributed by atoms with Gasteiger partial charge in [-0.25, -0.2) is 0 Å². The molecule has 9 nitrogen and oxygen atoms in total. The number of para-hydroxylation sites is 1. The molecule has 0 fully saturated rings. The van der Waals surface area contributed by atoms with Crippen molar-refractivity contribution >= 4 is 22.6 Å². The topological polar surface area (TPSA) is 99.7 Å². The molecule has 2 heterocycles. The second kappa shape index (κ2) is 11.2. The number of carbonyl (C=O) groups is 1. The summed E-state index contributed by atoms with van der Waals surface area (Å²) < 4.78 is 14.2. The van der Waals surface area contributed by atoms with E-state index in [0.717, 1.165) is 17.5 Å². The summed E-state index contributed by atoms with van der Waals surface area (Å²) in [5.74, 6) is 2.91. The third-order valence-corrected chi connectivity index (χ3v) is 6.26. The van der Waals surface area contributed by atoms with Gasteiger partial charge in [0.15, 0.2) is 11.5 Å². The summed E-state index contributed by atoms with van der Waals surface area (Å²) >= 11 is 0. The van der Waals surface area contributed by atoms with Gasteiger partial charge in [0.05, 0.1) is 25.1 Å². The summed E-state index contributed by atoms with van der Waals surface area (Å²) in [5, 5.41) is 12.3. The highest BCUT2D eigenvalue weighted by Gasteiger charge is 2.17. The average Bonchev–Trinajstić information content (AvgIpc) is 3.31. The summed E-state index contributed by atoms with van der Waals surface area (Å²) in [4.78, 5) is 25.7. The standard InChI is InChI=1S/C27H33N5O4/c1-18(2)14-16-31-26(34)20-7-5-6-8-21(20)32-24(29-30-27(31)32)11-12-25(33)28-15-13-19-9-10-22(35-3)23(17-19)36-4/h5-10,17-18H,11-16H2,1-4H3,(H,28,33). The lowest BCUT2D eigenvalue weighted by molar-refractivity contribution is -0.121. The lowest BCUT2D eigenvalue weighted by Gasteiger charge is -2.12. The number of aromatic nitrogens is 4. The van der Waals surface area contributed by atoms with Crippen molar-refractivity contribution in [2.75, 3.05) is 20.8 Å². The Morgan fingerprint density at radius 3 is 2.56 bits per heavy atom. The largest absolute Gasteiger partial charge is 0.493 e. The molecule has 1 N–H and O–H groups in total. The zero-order valence-corrected chi connectivity index (χ0v) is 21.3. The third kappa shape index (κ3) is 5.35. The van der Waals surface area contributed by atoms with E-state index in [0.29, 0.717) is 60.3 Å². The van der Waals surface area contributed by atoms with Crippen molar-refractivity contribution in [3.8, 4) is 11.5 Å². The first kappa shape index (κ1) is 25.2. The van der Waals surface area contributed by atoms with Crippen molar-refractivity contribution in [1.29, 1.82) is 0 Å². The molecule has 0 spiro atoms. The number of amides is 1. The quantitative estimate of drug-likeness (QED) is 0.345. The Bertz CT molecular complexity index is 1420. The molecule has 0 atom stereocenters. The molecule has 0 aliphatic heterocycles. The molecular weight excluding hydrogens is 458 g/mol. The van der Waals surface area contributed by atoms with Gasteiger partial charge in [-0.05, 0) is 48.6 Å². The molecule has 0 bridgehead atoms. The number of benzene rings is 2. The van der Waals surface area contributed by atoms with Crippen LogP contribution in [-0.2, 0) is 24.2 Å². The fourth-order valence-corrected chi connectivity index (χ4v) is 4.26. The summed E-state index contributed by atoms with van der Waals surface area (Å²) in [6.45, 7) is 5.33. The van der Waals surface area contributed by atoms with E-state index in [1.54, 1.807) is 18.8 Å². The number of hydrogen-bond donors (Lipinski definition) is 1. The second-order valence-electron chi connectivity index (χ2n) is 9.20. The summed E-state index contributed by atoms with van der Waals surface area (Å²) in [6, 6.07) is 13.2. The molecule has 0 aliphatic rings. The average molecular weight is 492 g/mol. The first-order valence-electron chi connectivity index (χ1n) is 12.3. The van der Waals surface area contributed by atoms with E-state index in [2.05, 4.69) is 29.4 Å². The fourth-order valence-electron chi connectivity index (χ4n) is 4.26. The molecule has 190 valence electrons. The Morgan fingerprint density at radius 2 is 1.81 bits per heavy atom. The molecule has 0 aliphatic carbocycles. The molecule has 0 saturated carbocycles. The van der Waals surface area contributed by atoms with E-state index in [4.69, 9.17) is 9.47 Å². The number of aryl methyl sites for hydroxylation is 2. The Hall–Kier alpha value is -3.88. The van der Waals surface area contributed by atoms with Gasteiger partial charge < -0.3 is 14.8 Å². The molecule has 1 amide bonds. The summed E-state index contributed by atoms with van der Waals surface area (Å²) in [6.07, 6.45) is 2.22. The van der Waals surface area contributed by atoms with Gasteiger partial charge >= 0.3 is 0 Å². The molecule has 0 radical (unpaired) electrons. The van der Waals surface area contributed by atoms with E-state index >= 15 is 0 Å². The maximum atomic E-state index is 13.1. The Balaban J connectivity index is 1.46. The molecule has 2 aromatic carbocycles. The van der Waals surface area contributed by atoms with E-state index in [9.17, 15) is 9.59 Å². The van der Waals surface area contributed by atoms with Crippen molar-refractivity contribution in [2.45, 2.75) is 46.1 Å². The predicted molar refractivity (Wildman–Crippen MR) is 139 cm³/mol. The number of ether oxygens (including phenoxy) is 2. The Kier molecular flexibility index (Phi) is 7.87. The van der Waals surface area contributed by atoms with Crippen LogP contribution in [-0.4, -0.2) is 45.8 Å². The van der Waals surface area contributed by atoms with Gasteiger partial charge in [0.2, 0.25) is 11.7 Å². The number of nitrogens with one attached hydrogen (secondary N) is 1. The Labute approximate surface area is 210 Å². The summed E-state index contributed by atoms with van der Waals surface area (Å²) in [7, 11) is 3.20. The predicted octanol–water partition coefficient (Wildman–Crippen LogP) is 3.40. The second-order valence-corrected chi connectivity index (χ2v) is 9.20.